The molecular weight excluding hydrogens is 296 g/mol. The smallest absolute Gasteiger partial charge is 0.291 e. The summed E-state index contributed by atoms with van der Waals surface area (Å²) in [5, 5.41) is 7.21. The van der Waals surface area contributed by atoms with E-state index in [4.69, 9.17) is 4.74 Å². The second-order valence-electron chi connectivity index (χ2n) is 6.24. The second kappa shape index (κ2) is 4.72. The Morgan fingerprint density at radius 2 is 2.30 bits per heavy atom. The van der Waals surface area contributed by atoms with Gasteiger partial charge in [0.15, 0.2) is 5.82 Å². The fourth-order valence-corrected chi connectivity index (χ4v) is 3.71. The molecule has 0 amide bonds. The van der Waals surface area contributed by atoms with Crippen molar-refractivity contribution in [3.05, 3.63) is 25.0 Å². The molecule has 0 aromatic carbocycles. The summed E-state index contributed by atoms with van der Waals surface area (Å²) in [7, 11) is 0. The lowest BCUT2D eigenvalue weighted by molar-refractivity contribution is 0.0364. The fraction of sp³-hybridized carbons (Fsp3) is 0.500. The second-order valence-corrected chi connectivity index (χ2v) is 6.24. The maximum atomic E-state index is 6.18. The molecule has 3 aliphatic rings. The first-order valence-electron chi connectivity index (χ1n) is 7.71. The van der Waals surface area contributed by atoms with Gasteiger partial charge in [0.05, 0.1) is 6.54 Å². The Morgan fingerprint density at radius 3 is 3.09 bits per heavy atom. The molecule has 3 atom stereocenters. The maximum Gasteiger partial charge on any atom is 0.291 e. The molecule has 23 heavy (non-hydrogen) atoms. The topological polar surface area (TPSA) is 93.3 Å². The predicted molar refractivity (Wildman–Crippen MR) is 81.2 cm³/mol. The van der Waals surface area contributed by atoms with Crippen LogP contribution in [-0.4, -0.2) is 67.4 Å². The Bertz CT molecular complexity index is 760. The van der Waals surface area contributed by atoms with Gasteiger partial charge in [-0.25, -0.2) is 24.6 Å². The maximum absolute atomic E-state index is 6.18. The summed E-state index contributed by atoms with van der Waals surface area (Å²) in [6.45, 7) is 4.01. The molecular formula is C14H16N8O. The minimum absolute atomic E-state index is 0.137. The number of amidine groups is 1. The summed E-state index contributed by atoms with van der Waals surface area (Å²) in [6.07, 6.45) is 5.74. The van der Waals surface area contributed by atoms with Crippen LogP contribution in [0.15, 0.2) is 30.0 Å². The molecule has 0 aliphatic carbocycles. The predicted octanol–water partition coefficient (Wildman–Crippen LogP) is -0.0703. The molecule has 1 unspecified atom stereocenters. The van der Waals surface area contributed by atoms with Crippen LogP contribution < -0.4 is 5.32 Å². The molecule has 2 bridgehead atoms. The highest BCUT2D eigenvalue weighted by atomic mass is 16.5. The molecule has 2 fully saturated rings. The van der Waals surface area contributed by atoms with Crippen LogP contribution in [0.25, 0.3) is 5.82 Å². The highest BCUT2D eigenvalue weighted by Gasteiger charge is 2.54. The lowest BCUT2D eigenvalue weighted by Crippen LogP contribution is -2.46. The monoisotopic (exact) mass is 312 g/mol. The van der Waals surface area contributed by atoms with Crippen molar-refractivity contribution < 1.29 is 4.74 Å². The standard InChI is InChI=1S/C14H16N8O/c1-2-21-4-10(1)14(6-21)5-16-13(23-14)20-11-3-12(18-8-17-11)22-9-15-7-19-22/h3,7-10H,1-2,4-6H2,(H,16,17,18,20)/t10-,14-/m0/s1. The van der Waals surface area contributed by atoms with E-state index in [1.165, 1.54) is 25.6 Å². The first kappa shape index (κ1) is 12.9. The number of rotatable bonds is 2. The van der Waals surface area contributed by atoms with E-state index in [-0.39, 0.29) is 5.60 Å². The van der Waals surface area contributed by atoms with Gasteiger partial charge >= 0.3 is 0 Å². The molecule has 9 nitrogen and oxygen atoms in total. The number of hydrogen-bond acceptors (Lipinski definition) is 8. The van der Waals surface area contributed by atoms with E-state index in [2.05, 4.69) is 35.3 Å². The van der Waals surface area contributed by atoms with Crippen molar-refractivity contribution >= 4 is 11.8 Å². The van der Waals surface area contributed by atoms with Gasteiger partial charge in [0.1, 0.15) is 30.4 Å². The molecule has 0 radical (unpaired) electrons. The molecule has 1 N–H and O–H groups in total. The number of anilines is 1. The Kier molecular flexibility index (Phi) is 2.66. The van der Waals surface area contributed by atoms with E-state index in [1.54, 1.807) is 17.1 Å². The highest BCUT2D eigenvalue weighted by Crippen LogP contribution is 2.41. The molecule has 1 spiro atoms. The van der Waals surface area contributed by atoms with Gasteiger partial charge < -0.3 is 4.74 Å². The zero-order chi connectivity index (χ0) is 15.3. The third-order valence-electron chi connectivity index (χ3n) is 4.84. The van der Waals surface area contributed by atoms with E-state index in [9.17, 15) is 0 Å². The van der Waals surface area contributed by atoms with Crippen LogP contribution in [0.1, 0.15) is 6.42 Å². The summed E-state index contributed by atoms with van der Waals surface area (Å²) >= 11 is 0. The first-order valence-corrected chi connectivity index (χ1v) is 7.71. The van der Waals surface area contributed by atoms with E-state index < -0.39 is 0 Å². The molecule has 0 saturated carbocycles. The van der Waals surface area contributed by atoms with Gasteiger partial charge in [-0.3, -0.25) is 10.2 Å². The van der Waals surface area contributed by atoms with Gasteiger partial charge in [-0.1, -0.05) is 0 Å². The lowest BCUT2D eigenvalue weighted by Gasteiger charge is -2.32. The minimum Gasteiger partial charge on any atom is -0.455 e. The van der Waals surface area contributed by atoms with Crippen molar-refractivity contribution in [2.45, 2.75) is 12.0 Å². The molecule has 2 aromatic rings. The van der Waals surface area contributed by atoms with E-state index in [0.29, 0.717) is 23.6 Å². The number of nitrogens with zero attached hydrogens (tertiary/aromatic N) is 7. The van der Waals surface area contributed by atoms with Crippen molar-refractivity contribution in [1.29, 1.82) is 0 Å². The van der Waals surface area contributed by atoms with Crippen molar-refractivity contribution in [2.75, 3.05) is 31.5 Å². The summed E-state index contributed by atoms with van der Waals surface area (Å²) < 4.78 is 7.76. The largest absolute Gasteiger partial charge is 0.455 e. The van der Waals surface area contributed by atoms with Crippen LogP contribution in [0.5, 0.6) is 0 Å². The Hall–Kier alpha value is -2.55. The van der Waals surface area contributed by atoms with Gasteiger partial charge in [0.2, 0.25) is 0 Å². The molecule has 118 valence electrons. The molecule has 2 aromatic heterocycles. The quantitative estimate of drug-likeness (QED) is 0.829. The van der Waals surface area contributed by atoms with E-state index in [1.807, 2.05) is 0 Å². The Labute approximate surface area is 132 Å². The van der Waals surface area contributed by atoms with Crippen LogP contribution in [0.2, 0.25) is 0 Å². The number of aromatic nitrogens is 5. The third-order valence-corrected chi connectivity index (χ3v) is 4.84. The average Bonchev–Trinajstić information content (AvgIpc) is 3.32. The van der Waals surface area contributed by atoms with Crippen molar-refractivity contribution in [1.82, 2.24) is 29.6 Å². The van der Waals surface area contributed by atoms with Gasteiger partial charge in [-0.05, 0) is 13.0 Å². The van der Waals surface area contributed by atoms with Crippen LogP contribution in [0.3, 0.4) is 0 Å². The van der Waals surface area contributed by atoms with Crippen molar-refractivity contribution in [3.8, 4) is 5.82 Å². The van der Waals surface area contributed by atoms with E-state index >= 15 is 0 Å². The lowest BCUT2D eigenvalue weighted by atomic mass is 9.88. The molecule has 5 rings (SSSR count). The average molecular weight is 312 g/mol. The SMILES string of the molecule is c1nc(NC2=NC[C@@]3(CN4CC[C@H]3C4)O2)cc(-n2cncn2)n1. The van der Waals surface area contributed by atoms with Gasteiger partial charge in [-0.15, -0.1) is 0 Å². The number of fused-ring (bicyclic) bond motifs is 3. The van der Waals surface area contributed by atoms with Crippen LogP contribution in [0.4, 0.5) is 5.82 Å². The number of piperidine rings is 1. The van der Waals surface area contributed by atoms with Gasteiger partial charge in [0.25, 0.3) is 6.02 Å². The summed E-state index contributed by atoms with van der Waals surface area (Å²) in [6, 6.07) is 2.33. The number of aliphatic imine (C=N–C) groups is 1. The van der Waals surface area contributed by atoms with Crippen molar-refractivity contribution in [2.24, 2.45) is 10.9 Å². The van der Waals surface area contributed by atoms with Crippen LogP contribution >= 0.6 is 0 Å². The fourth-order valence-electron chi connectivity index (χ4n) is 3.71. The van der Waals surface area contributed by atoms with Crippen LogP contribution in [0, 0.1) is 5.92 Å². The highest BCUT2D eigenvalue weighted by molar-refractivity contribution is 5.89. The van der Waals surface area contributed by atoms with Gasteiger partial charge in [-0.2, -0.15) is 5.10 Å². The normalized spacial score (nSPS) is 31.4. The van der Waals surface area contributed by atoms with Gasteiger partial charge in [0, 0.05) is 25.1 Å². The third kappa shape index (κ3) is 2.07. The Morgan fingerprint density at radius 1 is 1.30 bits per heavy atom. The van der Waals surface area contributed by atoms with E-state index in [0.717, 1.165) is 19.6 Å². The number of nitrogens with one attached hydrogen (secondary N) is 1. The summed E-state index contributed by atoms with van der Waals surface area (Å²) in [4.78, 5) is 19.3. The summed E-state index contributed by atoms with van der Waals surface area (Å²) in [5.41, 5.74) is -0.137. The molecule has 3 aliphatic heterocycles. The summed E-state index contributed by atoms with van der Waals surface area (Å²) in [5.74, 6) is 1.85. The molecule has 2 saturated heterocycles. The van der Waals surface area contributed by atoms with Crippen LogP contribution in [-0.2, 0) is 4.74 Å². The zero-order valence-electron chi connectivity index (χ0n) is 12.5. The molecule has 9 heteroatoms. The zero-order valence-corrected chi connectivity index (χ0v) is 12.5. The van der Waals surface area contributed by atoms with Crippen molar-refractivity contribution in [3.63, 3.8) is 0 Å². The number of hydrogen-bond donors (Lipinski definition) is 1. The Balaban J connectivity index is 1.32. The molecule has 5 heterocycles. The number of ether oxygens (including phenoxy) is 1. The minimum atomic E-state index is -0.137. The first-order chi connectivity index (χ1) is 11.3.